The highest BCUT2D eigenvalue weighted by molar-refractivity contribution is 9.10. The van der Waals surface area contributed by atoms with Gasteiger partial charge in [-0.1, -0.05) is 58.1 Å². The monoisotopic (exact) mass is 554 g/mol. The average Bonchev–Trinajstić information content (AvgIpc) is 3.11. The van der Waals surface area contributed by atoms with Crippen molar-refractivity contribution >= 4 is 67.6 Å². The summed E-state index contributed by atoms with van der Waals surface area (Å²) >= 11 is 10.2. The molecular formula is C26H23BrN2O3S2. The van der Waals surface area contributed by atoms with Crippen molar-refractivity contribution in [2.45, 2.75) is 6.61 Å². The molecule has 0 N–H and O–H groups in total. The van der Waals surface area contributed by atoms with Crippen molar-refractivity contribution in [3.8, 4) is 11.5 Å². The van der Waals surface area contributed by atoms with E-state index in [4.69, 9.17) is 21.7 Å². The van der Waals surface area contributed by atoms with Gasteiger partial charge in [-0.15, -0.1) is 0 Å². The van der Waals surface area contributed by atoms with Gasteiger partial charge in [-0.3, -0.25) is 9.69 Å². The van der Waals surface area contributed by atoms with Crippen molar-refractivity contribution in [1.82, 2.24) is 0 Å². The van der Waals surface area contributed by atoms with E-state index >= 15 is 0 Å². The molecule has 0 aromatic heterocycles. The van der Waals surface area contributed by atoms with Crippen molar-refractivity contribution in [2.75, 3.05) is 31.0 Å². The summed E-state index contributed by atoms with van der Waals surface area (Å²) < 4.78 is 13.0. The Labute approximate surface area is 217 Å². The lowest BCUT2D eigenvalue weighted by Crippen LogP contribution is -2.27. The number of ether oxygens (including phenoxy) is 2. The largest absolute Gasteiger partial charge is 0.493 e. The summed E-state index contributed by atoms with van der Waals surface area (Å²) in [6.45, 7) is 0.425. The Hall–Kier alpha value is -2.81. The number of rotatable bonds is 7. The zero-order valence-electron chi connectivity index (χ0n) is 18.9. The molecule has 0 bridgehead atoms. The van der Waals surface area contributed by atoms with E-state index in [1.165, 1.54) is 11.8 Å². The number of nitrogens with zero attached hydrogens (tertiary/aromatic N) is 2. The van der Waals surface area contributed by atoms with E-state index in [0.717, 1.165) is 27.0 Å². The predicted octanol–water partition coefficient (Wildman–Crippen LogP) is 6.51. The summed E-state index contributed by atoms with van der Waals surface area (Å²) in [4.78, 5) is 17.3. The SMILES string of the molecule is COc1cc(/C=C2\SC(=S)N(c3ccc(N(C)C)cc3)C2=O)ccc1OCc1ccc(Br)cc1. The Bertz CT molecular complexity index is 1240. The van der Waals surface area contributed by atoms with Crippen LogP contribution >= 0.6 is 39.9 Å². The number of thioether (sulfide) groups is 1. The lowest BCUT2D eigenvalue weighted by atomic mass is 10.1. The van der Waals surface area contributed by atoms with E-state index in [1.54, 1.807) is 12.0 Å². The van der Waals surface area contributed by atoms with Crippen molar-refractivity contribution < 1.29 is 14.3 Å². The van der Waals surface area contributed by atoms with Crippen LogP contribution in [0.1, 0.15) is 11.1 Å². The van der Waals surface area contributed by atoms with Gasteiger partial charge >= 0.3 is 0 Å². The van der Waals surface area contributed by atoms with Gasteiger partial charge in [0.05, 0.1) is 17.7 Å². The molecular weight excluding hydrogens is 532 g/mol. The quantitative estimate of drug-likeness (QED) is 0.245. The minimum absolute atomic E-state index is 0.137. The highest BCUT2D eigenvalue weighted by Crippen LogP contribution is 2.37. The Morgan fingerprint density at radius 3 is 2.38 bits per heavy atom. The second-order valence-electron chi connectivity index (χ2n) is 7.75. The number of methoxy groups -OCH3 is 1. The number of carbonyl (C=O) groups is 1. The molecule has 0 spiro atoms. The van der Waals surface area contributed by atoms with Crippen molar-refractivity contribution in [3.63, 3.8) is 0 Å². The Kier molecular flexibility index (Phi) is 7.60. The van der Waals surface area contributed by atoms with Gasteiger partial charge in [0.2, 0.25) is 0 Å². The molecule has 4 rings (SSSR count). The number of carbonyl (C=O) groups excluding carboxylic acids is 1. The Morgan fingerprint density at radius 2 is 1.74 bits per heavy atom. The molecule has 1 saturated heterocycles. The number of anilines is 2. The van der Waals surface area contributed by atoms with E-state index < -0.39 is 0 Å². The van der Waals surface area contributed by atoms with Crippen molar-refractivity contribution in [2.24, 2.45) is 0 Å². The highest BCUT2D eigenvalue weighted by Gasteiger charge is 2.33. The fourth-order valence-corrected chi connectivity index (χ4v) is 4.94. The summed E-state index contributed by atoms with van der Waals surface area (Å²) in [5.41, 5.74) is 3.69. The topological polar surface area (TPSA) is 42.0 Å². The second kappa shape index (κ2) is 10.6. The van der Waals surface area contributed by atoms with Crippen LogP contribution in [-0.4, -0.2) is 31.4 Å². The lowest BCUT2D eigenvalue weighted by molar-refractivity contribution is -0.113. The fourth-order valence-electron chi connectivity index (χ4n) is 3.38. The van der Waals surface area contributed by atoms with Gasteiger partial charge in [0.15, 0.2) is 15.8 Å². The van der Waals surface area contributed by atoms with E-state index in [0.29, 0.717) is 27.3 Å². The van der Waals surface area contributed by atoms with Crippen molar-refractivity contribution in [1.29, 1.82) is 0 Å². The number of benzene rings is 3. The van der Waals surface area contributed by atoms with Crippen LogP contribution in [0.25, 0.3) is 6.08 Å². The summed E-state index contributed by atoms with van der Waals surface area (Å²) in [5.74, 6) is 1.10. The van der Waals surface area contributed by atoms with Crippen LogP contribution in [0.4, 0.5) is 11.4 Å². The van der Waals surface area contributed by atoms with Crippen LogP contribution in [0, 0.1) is 0 Å². The van der Waals surface area contributed by atoms with Crippen LogP contribution < -0.4 is 19.3 Å². The fraction of sp³-hybridized carbons (Fsp3) is 0.154. The third-order valence-corrected chi connectivity index (χ3v) is 7.04. The minimum atomic E-state index is -0.137. The molecule has 3 aromatic carbocycles. The second-order valence-corrected chi connectivity index (χ2v) is 10.3. The Morgan fingerprint density at radius 1 is 1.03 bits per heavy atom. The van der Waals surface area contributed by atoms with Gasteiger partial charge in [0.1, 0.15) is 6.61 Å². The molecule has 1 aliphatic rings. The van der Waals surface area contributed by atoms with Crippen molar-refractivity contribution in [3.05, 3.63) is 87.2 Å². The molecule has 0 radical (unpaired) electrons. The minimum Gasteiger partial charge on any atom is -0.493 e. The van der Waals surface area contributed by atoms with Gasteiger partial charge in [0.25, 0.3) is 5.91 Å². The molecule has 1 heterocycles. The number of hydrogen-bond acceptors (Lipinski definition) is 6. The number of hydrogen-bond donors (Lipinski definition) is 0. The smallest absolute Gasteiger partial charge is 0.270 e. The molecule has 3 aromatic rings. The van der Waals surface area contributed by atoms with Crippen LogP contribution in [0.15, 0.2) is 76.1 Å². The van der Waals surface area contributed by atoms with Gasteiger partial charge in [0, 0.05) is 24.3 Å². The Balaban J connectivity index is 1.51. The highest BCUT2D eigenvalue weighted by atomic mass is 79.9. The first kappa shape index (κ1) is 24.3. The van der Waals surface area contributed by atoms with Gasteiger partial charge in [-0.05, 0) is 65.7 Å². The zero-order chi connectivity index (χ0) is 24.2. The van der Waals surface area contributed by atoms with E-state index in [2.05, 4.69) is 15.9 Å². The van der Waals surface area contributed by atoms with E-state index in [1.807, 2.05) is 91.8 Å². The normalized spacial score (nSPS) is 14.6. The predicted molar refractivity (Wildman–Crippen MR) is 148 cm³/mol. The van der Waals surface area contributed by atoms with Gasteiger partial charge < -0.3 is 14.4 Å². The van der Waals surface area contributed by atoms with Crippen LogP contribution in [0.5, 0.6) is 11.5 Å². The third-order valence-electron chi connectivity index (χ3n) is 5.21. The zero-order valence-corrected chi connectivity index (χ0v) is 22.2. The summed E-state index contributed by atoms with van der Waals surface area (Å²) in [5, 5.41) is 0. The molecule has 1 amide bonds. The maximum atomic E-state index is 13.1. The van der Waals surface area contributed by atoms with Crippen LogP contribution in [-0.2, 0) is 11.4 Å². The standard InChI is InChI=1S/C26H23BrN2O3S2/c1-28(2)20-9-11-21(12-10-20)29-25(30)24(34-26(29)33)15-18-6-13-22(23(14-18)31-3)32-16-17-4-7-19(27)8-5-17/h4-15H,16H2,1-3H3/b24-15-. The molecule has 1 fully saturated rings. The average molecular weight is 556 g/mol. The molecule has 0 atom stereocenters. The number of halogens is 1. The molecule has 1 aliphatic heterocycles. The number of amides is 1. The molecule has 0 aliphatic carbocycles. The molecule has 8 heteroatoms. The van der Waals surface area contributed by atoms with Crippen LogP contribution in [0.3, 0.4) is 0 Å². The molecule has 0 unspecified atom stereocenters. The summed E-state index contributed by atoms with van der Waals surface area (Å²) in [7, 11) is 5.55. The van der Waals surface area contributed by atoms with E-state index in [9.17, 15) is 4.79 Å². The van der Waals surface area contributed by atoms with E-state index in [-0.39, 0.29) is 5.91 Å². The van der Waals surface area contributed by atoms with Crippen LogP contribution in [0.2, 0.25) is 0 Å². The molecule has 5 nitrogen and oxygen atoms in total. The first-order valence-electron chi connectivity index (χ1n) is 10.5. The number of thiocarbonyl (C=S) groups is 1. The van der Waals surface area contributed by atoms with Gasteiger partial charge in [-0.2, -0.15) is 0 Å². The summed E-state index contributed by atoms with van der Waals surface area (Å²) in [6, 6.07) is 21.3. The molecule has 34 heavy (non-hydrogen) atoms. The lowest BCUT2D eigenvalue weighted by Gasteiger charge is -2.17. The summed E-state index contributed by atoms with van der Waals surface area (Å²) in [6.07, 6.45) is 1.83. The maximum absolute atomic E-state index is 13.1. The third kappa shape index (κ3) is 5.46. The maximum Gasteiger partial charge on any atom is 0.270 e. The van der Waals surface area contributed by atoms with Gasteiger partial charge in [-0.25, -0.2) is 0 Å². The molecule has 174 valence electrons. The molecule has 0 saturated carbocycles. The first-order chi connectivity index (χ1) is 16.4. The first-order valence-corrected chi connectivity index (χ1v) is 12.5.